The quantitative estimate of drug-likeness (QED) is 0.869. The number of alkyl halides is 3. The van der Waals surface area contributed by atoms with Crippen LogP contribution < -0.4 is 10.6 Å². The fourth-order valence-corrected chi connectivity index (χ4v) is 2.92. The highest BCUT2D eigenvalue weighted by atomic mass is 19.4. The van der Waals surface area contributed by atoms with Gasteiger partial charge in [0, 0.05) is 44.5 Å². The second-order valence-electron chi connectivity index (χ2n) is 5.47. The van der Waals surface area contributed by atoms with E-state index >= 15 is 0 Å². The first-order chi connectivity index (χ1) is 9.52. The van der Waals surface area contributed by atoms with E-state index in [9.17, 15) is 13.2 Å². The van der Waals surface area contributed by atoms with Gasteiger partial charge in [0.25, 0.3) is 0 Å². The lowest BCUT2D eigenvalue weighted by molar-refractivity contribution is -0.137. The van der Waals surface area contributed by atoms with Crippen molar-refractivity contribution in [3.63, 3.8) is 0 Å². The Morgan fingerprint density at radius 1 is 1.20 bits per heavy atom. The third-order valence-electron chi connectivity index (χ3n) is 3.95. The van der Waals surface area contributed by atoms with E-state index in [1.807, 2.05) is 0 Å². The van der Waals surface area contributed by atoms with Gasteiger partial charge in [0.1, 0.15) is 0 Å². The van der Waals surface area contributed by atoms with Crippen molar-refractivity contribution < 1.29 is 13.2 Å². The first kappa shape index (κ1) is 13.7. The molecule has 1 saturated heterocycles. The minimum Gasteiger partial charge on any atom is -0.380 e. The van der Waals surface area contributed by atoms with Crippen molar-refractivity contribution in [2.75, 3.05) is 38.0 Å². The summed E-state index contributed by atoms with van der Waals surface area (Å²) in [6.45, 7) is 4.86. The minimum absolute atomic E-state index is 0.214. The van der Waals surface area contributed by atoms with Gasteiger partial charge in [0.05, 0.1) is 5.56 Å². The first-order valence-corrected chi connectivity index (χ1v) is 6.92. The van der Waals surface area contributed by atoms with Crippen LogP contribution in [-0.2, 0) is 12.6 Å². The average Bonchev–Trinajstić information content (AvgIpc) is 2.80. The zero-order valence-electron chi connectivity index (χ0n) is 11.1. The van der Waals surface area contributed by atoms with E-state index in [-0.39, 0.29) is 6.04 Å². The SMILES string of the molecule is FC(F)(F)c1ccc2c(c1)NC(CN1CCNCC1)C2. The maximum atomic E-state index is 12.7. The van der Waals surface area contributed by atoms with E-state index in [1.54, 1.807) is 6.07 Å². The summed E-state index contributed by atoms with van der Waals surface area (Å²) in [5, 5.41) is 6.53. The van der Waals surface area contributed by atoms with Crippen LogP contribution in [0.25, 0.3) is 0 Å². The van der Waals surface area contributed by atoms with Crippen molar-refractivity contribution in [1.29, 1.82) is 0 Å². The van der Waals surface area contributed by atoms with E-state index in [1.165, 1.54) is 12.1 Å². The number of halogens is 3. The van der Waals surface area contributed by atoms with Gasteiger partial charge in [-0.25, -0.2) is 0 Å². The Labute approximate surface area is 116 Å². The normalized spacial score (nSPS) is 23.4. The van der Waals surface area contributed by atoms with Gasteiger partial charge in [0.2, 0.25) is 0 Å². The summed E-state index contributed by atoms with van der Waals surface area (Å²) < 4.78 is 38.0. The number of nitrogens with one attached hydrogen (secondary N) is 2. The molecule has 0 amide bonds. The molecule has 2 aliphatic rings. The molecule has 0 aromatic heterocycles. The number of hydrogen-bond acceptors (Lipinski definition) is 3. The fraction of sp³-hybridized carbons (Fsp3) is 0.571. The Hall–Kier alpha value is -1.27. The van der Waals surface area contributed by atoms with Crippen LogP contribution in [0.2, 0.25) is 0 Å². The number of piperazine rings is 1. The molecule has 3 nitrogen and oxygen atoms in total. The van der Waals surface area contributed by atoms with Gasteiger partial charge in [-0.1, -0.05) is 6.07 Å². The largest absolute Gasteiger partial charge is 0.416 e. The molecule has 0 spiro atoms. The molecule has 2 aliphatic heterocycles. The van der Waals surface area contributed by atoms with Crippen LogP contribution in [0.1, 0.15) is 11.1 Å². The molecule has 2 N–H and O–H groups in total. The maximum Gasteiger partial charge on any atom is 0.416 e. The second kappa shape index (κ2) is 5.26. The van der Waals surface area contributed by atoms with Crippen LogP contribution in [0.5, 0.6) is 0 Å². The van der Waals surface area contributed by atoms with E-state index in [0.717, 1.165) is 44.7 Å². The lowest BCUT2D eigenvalue weighted by Crippen LogP contribution is -2.47. The summed E-state index contributed by atoms with van der Waals surface area (Å²) in [5.74, 6) is 0. The highest BCUT2D eigenvalue weighted by Crippen LogP contribution is 2.35. The highest BCUT2D eigenvalue weighted by Gasteiger charge is 2.32. The van der Waals surface area contributed by atoms with Crippen LogP contribution in [0.3, 0.4) is 0 Å². The number of hydrogen-bond donors (Lipinski definition) is 2. The lowest BCUT2D eigenvalue weighted by Gasteiger charge is -2.29. The predicted molar refractivity (Wildman–Crippen MR) is 71.9 cm³/mol. The lowest BCUT2D eigenvalue weighted by atomic mass is 10.1. The number of anilines is 1. The molecule has 20 heavy (non-hydrogen) atoms. The maximum absolute atomic E-state index is 12.7. The van der Waals surface area contributed by atoms with E-state index in [4.69, 9.17) is 0 Å². The Balaban J connectivity index is 1.66. The molecule has 1 unspecified atom stereocenters. The number of nitrogens with zero attached hydrogens (tertiary/aromatic N) is 1. The molecular weight excluding hydrogens is 267 g/mol. The molecule has 1 aromatic carbocycles. The Bertz CT molecular complexity index is 481. The molecule has 3 rings (SSSR count). The summed E-state index contributed by atoms with van der Waals surface area (Å²) in [7, 11) is 0. The van der Waals surface area contributed by atoms with Gasteiger partial charge < -0.3 is 10.6 Å². The third-order valence-corrected chi connectivity index (χ3v) is 3.95. The van der Waals surface area contributed by atoms with Crippen LogP contribution in [0.4, 0.5) is 18.9 Å². The van der Waals surface area contributed by atoms with Crippen molar-refractivity contribution in [1.82, 2.24) is 10.2 Å². The third kappa shape index (κ3) is 2.91. The van der Waals surface area contributed by atoms with Crippen LogP contribution in [0.15, 0.2) is 18.2 Å². The van der Waals surface area contributed by atoms with Gasteiger partial charge in [-0.2, -0.15) is 13.2 Å². The summed E-state index contributed by atoms with van der Waals surface area (Å²) in [6.07, 6.45) is -3.47. The summed E-state index contributed by atoms with van der Waals surface area (Å²) in [6, 6.07) is 4.22. The smallest absolute Gasteiger partial charge is 0.380 e. The van der Waals surface area contributed by atoms with Crippen molar-refractivity contribution in [2.45, 2.75) is 18.6 Å². The molecule has 110 valence electrons. The van der Waals surface area contributed by atoms with Crippen LogP contribution in [-0.4, -0.2) is 43.7 Å². The zero-order valence-corrected chi connectivity index (χ0v) is 11.1. The number of benzene rings is 1. The Kier molecular flexibility index (Phi) is 3.60. The van der Waals surface area contributed by atoms with E-state index in [2.05, 4.69) is 15.5 Å². The van der Waals surface area contributed by atoms with Gasteiger partial charge >= 0.3 is 6.18 Å². The Morgan fingerprint density at radius 2 is 1.95 bits per heavy atom. The van der Waals surface area contributed by atoms with Crippen molar-refractivity contribution >= 4 is 5.69 Å². The molecule has 1 atom stereocenters. The first-order valence-electron chi connectivity index (χ1n) is 6.92. The standard InChI is InChI=1S/C14H18F3N3/c15-14(16,17)11-2-1-10-7-12(19-13(10)8-11)9-20-5-3-18-4-6-20/h1-2,8,12,18-19H,3-7,9H2. The van der Waals surface area contributed by atoms with Crippen LogP contribution in [0, 0.1) is 0 Å². The summed E-state index contributed by atoms with van der Waals surface area (Å²) in [4.78, 5) is 2.35. The minimum atomic E-state index is -4.27. The van der Waals surface area contributed by atoms with E-state index in [0.29, 0.717) is 5.69 Å². The number of fused-ring (bicyclic) bond motifs is 1. The van der Waals surface area contributed by atoms with Gasteiger partial charge in [-0.15, -0.1) is 0 Å². The van der Waals surface area contributed by atoms with Crippen molar-refractivity contribution in [3.05, 3.63) is 29.3 Å². The molecule has 1 aromatic rings. The Morgan fingerprint density at radius 3 is 2.65 bits per heavy atom. The topological polar surface area (TPSA) is 27.3 Å². The molecule has 0 aliphatic carbocycles. The van der Waals surface area contributed by atoms with Crippen molar-refractivity contribution in [3.8, 4) is 0 Å². The molecule has 1 fully saturated rings. The highest BCUT2D eigenvalue weighted by molar-refractivity contribution is 5.59. The molecule has 0 bridgehead atoms. The average molecular weight is 285 g/mol. The zero-order chi connectivity index (χ0) is 14.2. The second-order valence-corrected chi connectivity index (χ2v) is 5.47. The monoisotopic (exact) mass is 285 g/mol. The predicted octanol–water partition coefficient (Wildman–Crippen LogP) is 1.95. The van der Waals surface area contributed by atoms with Gasteiger partial charge in [0.15, 0.2) is 0 Å². The molecule has 0 radical (unpaired) electrons. The van der Waals surface area contributed by atoms with Crippen molar-refractivity contribution in [2.24, 2.45) is 0 Å². The molecule has 2 heterocycles. The summed E-state index contributed by atoms with van der Waals surface area (Å²) >= 11 is 0. The molecular formula is C14H18F3N3. The van der Waals surface area contributed by atoms with E-state index < -0.39 is 11.7 Å². The molecule has 0 saturated carbocycles. The van der Waals surface area contributed by atoms with Gasteiger partial charge in [-0.3, -0.25) is 4.90 Å². The van der Waals surface area contributed by atoms with Crippen LogP contribution >= 0.6 is 0 Å². The van der Waals surface area contributed by atoms with Gasteiger partial charge in [-0.05, 0) is 24.1 Å². The fourth-order valence-electron chi connectivity index (χ4n) is 2.92. The summed E-state index contributed by atoms with van der Waals surface area (Å²) in [5.41, 5.74) is 1.05. The molecule has 6 heteroatoms. The number of rotatable bonds is 2.